The lowest BCUT2D eigenvalue weighted by atomic mass is 9.94. The maximum absolute atomic E-state index is 13.6. The van der Waals surface area contributed by atoms with Gasteiger partial charge in [0.15, 0.2) is 11.5 Å². The highest BCUT2D eigenvalue weighted by Crippen LogP contribution is 2.44. The number of aromatic nitrogens is 4. The average Bonchev–Trinajstić information content (AvgIpc) is 3.28. The second-order valence-corrected chi connectivity index (χ2v) is 8.79. The van der Waals surface area contributed by atoms with Gasteiger partial charge in [-0.05, 0) is 43.2 Å². The van der Waals surface area contributed by atoms with Crippen molar-refractivity contribution in [3.63, 3.8) is 0 Å². The zero-order chi connectivity index (χ0) is 24.9. The van der Waals surface area contributed by atoms with Crippen molar-refractivity contribution in [3.05, 3.63) is 53.5 Å². The second kappa shape index (κ2) is 10.7. The first kappa shape index (κ1) is 24.4. The van der Waals surface area contributed by atoms with Gasteiger partial charge in [-0.1, -0.05) is 18.7 Å². The van der Waals surface area contributed by atoms with Crippen LogP contribution >= 0.6 is 11.8 Å². The Kier molecular flexibility index (Phi) is 7.45. The number of nitrogens with one attached hydrogen (secondary N) is 2. The Bertz CT molecular complexity index is 1220. The molecule has 0 saturated carbocycles. The van der Waals surface area contributed by atoms with Crippen molar-refractivity contribution >= 4 is 29.3 Å². The molecule has 35 heavy (non-hydrogen) atoms. The van der Waals surface area contributed by atoms with Crippen LogP contribution in [0.3, 0.4) is 0 Å². The summed E-state index contributed by atoms with van der Waals surface area (Å²) in [6.07, 6.45) is 4.24. The molecule has 11 heteroatoms. The standard InChI is InChI=1S/C24H28N6O4S/c1-6-10-35-24-28-23-26-14(2)19(22(31)27-16-8-7-9-25-13-16)20(30(23)29-24)15-11-17(32-3)21(34-5)18(12-15)33-4/h7-9,11-13,20H,6,10H2,1-5H3,(H,27,31)(H,26,28,29). The van der Waals surface area contributed by atoms with Crippen molar-refractivity contribution in [1.82, 2.24) is 19.7 Å². The zero-order valence-corrected chi connectivity index (χ0v) is 21.1. The summed E-state index contributed by atoms with van der Waals surface area (Å²) in [5, 5.41) is 11.6. The van der Waals surface area contributed by atoms with E-state index in [1.165, 1.54) is 0 Å². The third-order valence-corrected chi connectivity index (χ3v) is 6.48. The Morgan fingerprint density at radius 1 is 1.20 bits per heavy atom. The lowest BCUT2D eigenvalue weighted by Gasteiger charge is -2.29. The number of carbonyl (C=O) groups is 1. The smallest absolute Gasteiger partial charge is 0.255 e. The molecule has 0 aliphatic carbocycles. The van der Waals surface area contributed by atoms with E-state index < -0.39 is 6.04 Å². The molecule has 1 atom stereocenters. The van der Waals surface area contributed by atoms with Gasteiger partial charge in [-0.3, -0.25) is 9.78 Å². The number of anilines is 2. The molecule has 0 radical (unpaired) electrons. The van der Waals surface area contributed by atoms with Crippen LogP contribution in [-0.2, 0) is 4.79 Å². The van der Waals surface area contributed by atoms with Crippen LogP contribution in [0.4, 0.5) is 11.6 Å². The predicted octanol–water partition coefficient (Wildman–Crippen LogP) is 4.13. The monoisotopic (exact) mass is 496 g/mol. The third kappa shape index (κ3) is 4.90. The first-order chi connectivity index (χ1) is 17.0. The number of benzene rings is 1. The summed E-state index contributed by atoms with van der Waals surface area (Å²) in [6.45, 7) is 3.95. The molecule has 0 bridgehead atoms. The number of hydrogen-bond donors (Lipinski definition) is 2. The van der Waals surface area contributed by atoms with Crippen molar-refractivity contribution in [1.29, 1.82) is 0 Å². The van der Waals surface area contributed by atoms with E-state index in [9.17, 15) is 4.79 Å². The van der Waals surface area contributed by atoms with E-state index in [1.807, 2.05) is 19.1 Å². The molecule has 4 rings (SSSR count). The molecule has 1 unspecified atom stereocenters. The maximum atomic E-state index is 13.6. The molecule has 2 aromatic heterocycles. The molecule has 0 spiro atoms. The molecule has 3 aromatic rings. The maximum Gasteiger partial charge on any atom is 0.255 e. The number of amides is 1. The Morgan fingerprint density at radius 2 is 1.94 bits per heavy atom. The topological polar surface area (TPSA) is 112 Å². The summed E-state index contributed by atoms with van der Waals surface area (Å²) in [5.41, 5.74) is 2.46. The van der Waals surface area contributed by atoms with Crippen molar-refractivity contribution in [2.24, 2.45) is 0 Å². The van der Waals surface area contributed by atoms with Crippen LogP contribution in [0, 0.1) is 0 Å². The summed E-state index contributed by atoms with van der Waals surface area (Å²) in [5.74, 6) is 2.58. The molecular formula is C24H28N6O4S. The average molecular weight is 497 g/mol. The minimum atomic E-state index is -0.597. The molecule has 184 valence electrons. The van der Waals surface area contributed by atoms with Gasteiger partial charge in [0.05, 0.1) is 38.8 Å². The van der Waals surface area contributed by atoms with E-state index in [1.54, 1.807) is 62.3 Å². The summed E-state index contributed by atoms with van der Waals surface area (Å²) < 4.78 is 18.4. The van der Waals surface area contributed by atoms with Gasteiger partial charge in [0.2, 0.25) is 16.9 Å². The van der Waals surface area contributed by atoms with E-state index in [0.717, 1.165) is 17.7 Å². The number of methoxy groups -OCH3 is 3. The number of hydrogen-bond acceptors (Lipinski definition) is 9. The van der Waals surface area contributed by atoms with Crippen LogP contribution < -0.4 is 24.8 Å². The summed E-state index contributed by atoms with van der Waals surface area (Å²) in [7, 11) is 4.66. The minimum absolute atomic E-state index is 0.286. The van der Waals surface area contributed by atoms with Gasteiger partial charge in [0.1, 0.15) is 6.04 Å². The van der Waals surface area contributed by atoms with E-state index in [0.29, 0.717) is 45.3 Å². The summed E-state index contributed by atoms with van der Waals surface area (Å²) in [4.78, 5) is 22.3. The number of thioether (sulfide) groups is 1. The number of nitrogens with zero attached hydrogens (tertiary/aromatic N) is 4. The van der Waals surface area contributed by atoms with Crippen LogP contribution in [0.25, 0.3) is 0 Å². The van der Waals surface area contributed by atoms with Crippen molar-refractivity contribution < 1.29 is 19.0 Å². The lowest BCUT2D eigenvalue weighted by molar-refractivity contribution is -0.113. The number of ether oxygens (including phenoxy) is 3. The molecule has 1 amide bonds. The highest BCUT2D eigenvalue weighted by Gasteiger charge is 2.35. The molecule has 2 N–H and O–H groups in total. The zero-order valence-electron chi connectivity index (χ0n) is 20.3. The van der Waals surface area contributed by atoms with E-state index in [-0.39, 0.29) is 5.91 Å². The highest BCUT2D eigenvalue weighted by molar-refractivity contribution is 7.99. The number of fused-ring (bicyclic) bond motifs is 1. The van der Waals surface area contributed by atoms with Crippen LogP contribution in [0.5, 0.6) is 17.2 Å². The molecule has 1 aliphatic heterocycles. The van der Waals surface area contributed by atoms with Crippen LogP contribution in [-0.4, -0.2) is 52.7 Å². The highest BCUT2D eigenvalue weighted by atomic mass is 32.2. The normalized spacial score (nSPS) is 14.7. The largest absolute Gasteiger partial charge is 0.493 e. The number of rotatable bonds is 9. The van der Waals surface area contributed by atoms with Crippen molar-refractivity contribution in [3.8, 4) is 17.2 Å². The molecular weight excluding hydrogens is 468 g/mol. The number of pyridine rings is 1. The molecule has 1 aliphatic rings. The minimum Gasteiger partial charge on any atom is -0.493 e. The van der Waals surface area contributed by atoms with Crippen molar-refractivity contribution in [2.45, 2.75) is 31.5 Å². The third-order valence-electron chi connectivity index (χ3n) is 5.44. The SMILES string of the molecule is CCCSc1nc2n(n1)C(c1cc(OC)c(OC)c(OC)c1)C(C(=O)Nc1cccnc1)=C(C)N2. The van der Waals surface area contributed by atoms with Gasteiger partial charge in [0.25, 0.3) is 5.91 Å². The van der Waals surface area contributed by atoms with Crippen LogP contribution in [0.2, 0.25) is 0 Å². The first-order valence-electron chi connectivity index (χ1n) is 11.1. The van der Waals surface area contributed by atoms with E-state index in [2.05, 4.69) is 27.5 Å². The van der Waals surface area contributed by atoms with Gasteiger partial charge in [-0.2, -0.15) is 4.98 Å². The number of allylic oxidation sites excluding steroid dienone is 1. The fourth-order valence-electron chi connectivity index (χ4n) is 3.88. The fraction of sp³-hybridized carbons (Fsp3) is 0.333. The van der Waals surface area contributed by atoms with Crippen LogP contribution in [0.15, 0.2) is 53.1 Å². The molecule has 10 nitrogen and oxygen atoms in total. The molecule has 3 heterocycles. The van der Waals surface area contributed by atoms with Gasteiger partial charge >= 0.3 is 0 Å². The van der Waals surface area contributed by atoms with Gasteiger partial charge < -0.3 is 24.8 Å². The lowest BCUT2D eigenvalue weighted by Crippen LogP contribution is -2.31. The Hall–Kier alpha value is -3.73. The van der Waals surface area contributed by atoms with Gasteiger partial charge in [-0.25, -0.2) is 4.68 Å². The van der Waals surface area contributed by atoms with Gasteiger partial charge in [0, 0.05) is 17.6 Å². The first-order valence-corrected chi connectivity index (χ1v) is 12.1. The predicted molar refractivity (Wildman–Crippen MR) is 134 cm³/mol. The van der Waals surface area contributed by atoms with Crippen LogP contribution in [0.1, 0.15) is 31.9 Å². The Morgan fingerprint density at radius 3 is 2.54 bits per heavy atom. The second-order valence-electron chi connectivity index (χ2n) is 7.73. The number of carbonyl (C=O) groups excluding carboxylic acids is 1. The summed E-state index contributed by atoms with van der Waals surface area (Å²) >= 11 is 1.57. The van der Waals surface area contributed by atoms with E-state index in [4.69, 9.17) is 19.3 Å². The Labute approximate surface area is 208 Å². The molecule has 1 aromatic carbocycles. The van der Waals surface area contributed by atoms with Crippen molar-refractivity contribution in [2.75, 3.05) is 37.7 Å². The fourth-order valence-corrected chi connectivity index (χ4v) is 4.57. The van der Waals surface area contributed by atoms with Gasteiger partial charge in [-0.15, -0.1) is 5.10 Å². The molecule has 0 fully saturated rings. The quantitative estimate of drug-likeness (QED) is 0.422. The van der Waals surface area contributed by atoms with E-state index >= 15 is 0 Å². The molecule has 0 saturated heterocycles. The summed E-state index contributed by atoms with van der Waals surface area (Å²) in [6, 6.07) is 6.60. The Balaban J connectivity index is 1.85.